The summed E-state index contributed by atoms with van der Waals surface area (Å²) in [5, 5.41) is 14.8. The summed E-state index contributed by atoms with van der Waals surface area (Å²) in [5.41, 5.74) is 0. The van der Waals surface area contributed by atoms with Gasteiger partial charge in [-0.2, -0.15) is 0 Å². The Morgan fingerprint density at radius 1 is 1.50 bits per heavy atom. The van der Waals surface area contributed by atoms with Crippen LogP contribution in [0.4, 0.5) is 0 Å². The van der Waals surface area contributed by atoms with Crippen molar-refractivity contribution >= 4 is 0 Å². The van der Waals surface area contributed by atoms with E-state index in [1.165, 1.54) is 0 Å². The topological polar surface area (TPSA) is 66.2 Å². The van der Waals surface area contributed by atoms with E-state index in [0.29, 0.717) is 0 Å². The van der Waals surface area contributed by atoms with E-state index in [4.69, 9.17) is 15.3 Å². The van der Waals surface area contributed by atoms with Crippen molar-refractivity contribution in [3.8, 4) is 0 Å². The molecule has 0 saturated carbocycles. The number of hydrogen-bond acceptors (Lipinski definition) is 3. The zero-order valence-electron chi connectivity index (χ0n) is 4.03. The predicted molar refractivity (Wildman–Crippen MR) is 11.5 cm³/mol. The normalized spacial score (nSPS) is 4.00. The molecule has 4 nitrogen and oxygen atoms in total. The molecular formula is HFeNNaO3-. The molecule has 0 unspecified atom stereocenters. The van der Waals surface area contributed by atoms with Gasteiger partial charge in [0.15, 0.2) is 0 Å². The maximum Gasteiger partial charge on any atom is 1.00 e. The van der Waals surface area contributed by atoms with E-state index in [-0.39, 0.29) is 48.1 Å². The van der Waals surface area contributed by atoms with E-state index in [1.807, 2.05) is 0 Å². The SMILES string of the molecule is O=[N+]([O-])[O-].[Fe].[H-].[Na+]. The maximum atomic E-state index is 8.25. The number of hydrogen-bond donors (Lipinski definition) is 0. The second-order valence-corrected chi connectivity index (χ2v) is 0.224. The van der Waals surface area contributed by atoms with Crippen LogP contribution in [-0.4, -0.2) is 5.09 Å². The Labute approximate surface area is 68.3 Å². The molecule has 6 heavy (non-hydrogen) atoms. The van der Waals surface area contributed by atoms with Crippen LogP contribution >= 0.6 is 0 Å². The van der Waals surface area contributed by atoms with E-state index in [2.05, 4.69) is 0 Å². The molecule has 0 aromatic carbocycles. The fraction of sp³-hybridized carbons (Fsp3) is 0. The summed E-state index contributed by atoms with van der Waals surface area (Å²) in [7, 11) is 0. The summed E-state index contributed by atoms with van der Waals surface area (Å²) in [6, 6.07) is 0. The second kappa shape index (κ2) is 9.21. The molecule has 0 radical (unpaired) electrons. The van der Waals surface area contributed by atoms with Gasteiger partial charge in [-0.25, -0.2) is 0 Å². The van der Waals surface area contributed by atoms with E-state index in [9.17, 15) is 0 Å². The predicted octanol–water partition coefficient (Wildman–Crippen LogP) is -3.13. The molecule has 34 valence electrons. The Morgan fingerprint density at radius 2 is 1.50 bits per heavy atom. The Morgan fingerprint density at radius 3 is 1.50 bits per heavy atom. The monoisotopic (exact) mass is 142 g/mol. The van der Waals surface area contributed by atoms with Gasteiger partial charge >= 0.3 is 29.6 Å². The third-order valence-corrected chi connectivity index (χ3v) is 0. The number of nitrogens with zero attached hydrogens (tertiary/aromatic N) is 1. The zero-order chi connectivity index (χ0) is 3.58. The molecule has 0 heterocycles. The second-order valence-electron chi connectivity index (χ2n) is 0.224. The minimum atomic E-state index is -1.75. The molecule has 0 aromatic rings. The molecule has 0 fully saturated rings. The molecule has 0 saturated heterocycles. The van der Waals surface area contributed by atoms with Gasteiger partial charge in [0.25, 0.3) is 0 Å². The Hall–Kier alpha value is 0.719. The fourth-order valence-electron chi connectivity index (χ4n) is 0. The van der Waals surface area contributed by atoms with Gasteiger partial charge in [-0.05, 0) is 0 Å². The van der Waals surface area contributed by atoms with Crippen LogP contribution in [0.3, 0.4) is 0 Å². The van der Waals surface area contributed by atoms with E-state index < -0.39 is 5.09 Å². The maximum absolute atomic E-state index is 8.25. The van der Waals surface area contributed by atoms with Crippen LogP contribution in [0.1, 0.15) is 1.43 Å². The molecule has 0 aliphatic heterocycles. The van der Waals surface area contributed by atoms with Crippen LogP contribution in [0, 0.1) is 15.3 Å². The molecule has 0 atom stereocenters. The average Bonchev–Trinajstić information content (AvgIpc) is 0.811. The summed E-state index contributed by atoms with van der Waals surface area (Å²) in [5.74, 6) is 0. The van der Waals surface area contributed by atoms with Crippen molar-refractivity contribution < 1.29 is 53.1 Å². The fourth-order valence-corrected chi connectivity index (χ4v) is 0. The zero-order valence-corrected chi connectivity index (χ0v) is 6.13. The van der Waals surface area contributed by atoms with Crippen molar-refractivity contribution in [3.05, 3.63) is 15.3 Å². The standard InChI is InChI=1S/Fe.NO3.Na.H/c;2-1(3)4;;/q;-1;+1;-1. The van der Waals surface area contributed by atoms with Crippen molar-refractivity contribution in [2.75, 3.05) is 0 Å². The molecule has 0 N–H and O–H groups in total. The van der Waals surface area contributed by atoms with Gasteiger partial charge in [-0.15, -0.1) is 0 Å². The van der Waals surface area contributed by atoms with Gasteiger partial charge in [-0.1, -0.05) is 0 Å². The van der Waals surface area contributed by atoms with Crippen molar-refractivity contribution in [3.63, 3.8) is 0 Å². The molecule has 0 aromatic heterocycles. The minimum absolute atomic E-state index is 0. The quantitative estimate of drug-likeness (QED) is 0.204. The van der Waals surface area contributed by atoms with Crippen molar-refractivity contribution in [2.24, 2.45) is 0 Å². The van der Waals surface area contributed by atoms with Crippen LogP contribution in [-0.2, 0) is 17.1 Å². The Balaban J connectivity index is -0.0000000150. The summed E-state index contributed by atoms with van der Waals surface area (Å²) < 4.78 is 0. The minimum Gasteiger partial charge on any atom is -1.00 e. The first-order chi connectivity index (χ1) is 1.73. The molecular weight excluding hydrogens is 141 g/mol. The first kappa shape index (κ1) is 15.9. The smallest absolute Gasteiger partial charge is 1.00 e. The largest absolute Gasteiger partial charge is 1.00 e. The molecule has 6 heteroatoms. The molecule has 0 rings (SSSR count). The third kappa shape index (κ3) is 126. The van der Waals surface area contributed by atoms with Crippen molar-refractivity contribution in [1.29, 1.82) is 0 Å². The summed E-state index contributed by atoms with van der Waals surface area (Å²) >= 11 is 0. The van der Waals surface area contributed by atoms with E-state index in [1.54, 1.807) is 0 Å². The summed E-state index contributed by atoms with van der Waals surface area (Å²) in [6.45, 7) is 0. The summed E-state index contributed by atoms with van der Waals surface area (Å²) in [6.07, 6.45) is 0. The van der Waals surface area contributed by atoms with Gasteiger partial charge in [-0.3, -0.25) is 0 Å². The van der Waals surface area contributed by atoms with Gasteiger partial charge in [0.05, 0.1) is 5.09 Å². The van der Waals surface area contributed by atoms with E-state index in [0.717, 1.165) is 0 Å². The molecule has 0 aliphatic carbocycles. The first-order valence-corrected chi connectivity index (χ1v) is 0.548. The van der Waals surface area contributed by atoms with Crippen LogP contribution in [0.25, 0.3) is 0 Å². The van der Waals surface area contributed by atoms with E-state index >= 15 is 0 Å². The Kier molecular flexibility index (Phi) is 24.4. The van der Waals surface area contributed by atoms with Gasteiger partial charge in [0.1, 0.15) is 0 Å². The Bertz CT molecular complexity index is 37.9. The molecule has 0 amide bonds. The van der Waals surface area contributed by atoms with Crippen molar-refractivity contribution in [2.45, 2.75) is 0 Å². The van der Waals surface area contributed by atoms with Crippen LogP contribution in [0.2, 0.25) is 0 Å². The molecule has 0 bridgehead atoms. The first-order valence-electron chi connectivity index (χ1n) is 0.548. The van der Waals surface area contributed by atoms with Crippen LogP contribution in [0.15, 0.2) is 0 Å². The van der Waals surface area contributed by atoms with Crippen LogP contribution in [0.5, 0.6) is 0 Å². The molecule has 0 spiro atoms. The summed E-state index contributed by atoms with van der Waals surface area (Å²) in [4.78, 5) is 8.25. The van der Waals surface area contributed by atoms with Gasteiger partial charge < -0.3 is 16.7 Å². The van der Waals surface area contributed by atoms with Crippen molar-refractivity contribution in [1.82, 2.24) is 0 Å². The number of rotatable bonds is 0. The molecule has 0 aliphatic rings. The third-order valence-electron chi connectivity index (χ3n) is 0. The van der Waals surface area contributed by atoms with Gasteiger partial charge in [0, 0.05) is 17.1 Å². The van der Waals surface area contributed by atoms with Crippen LogP contribution < -0.4 is 29.6 Å². The average molecular weight is 142 g/mol. The van der Waals surface area contributed by atoms with Gasteiger partial charge in [0.2, 0.25) is 0 Å².